The van der Waals surface area contributed by atoms with Crippen LogP contribution in [-0.4, -0.2) is 11.2 Å². The van der Waals surface area contributed by atoms with E-state index in [9.17, 15) is 5.11 Å². The minimum absolute atomic E-state index is 0.0748. The van der Waals surface area contributed by atoms with Crippen LogP contribution in [0.4, 0.5) is 0 Å². The Morgan fingerprint density at radius 2 is 1.75 bits per heavy atom. The van der Waals surface area contributed by atoms with Gasteiger partial charge in [0, 0.05) is 0 Å². The molecule has 0 saturated heterocycles. The van der Waals surface area contributed by atoms with Gasteiger partial charge in [-0.15, -0.1) is 0 Å². The molecule has 0 spiro atoms. The van der Waals surface area contributed by atoms with Crippen LogP contribution in [0.25, 0.3) is 0 Å². The lowest BCUT2D eigenvalue weighted by Gasteiger charge is -2.21. The lowest BCUT2D eigenvalue weighted by Crippen LogP contribution is -2.21. The van der Waals surface area contributed by atoms with Gasteiger partial charge in [0.2, 0.25) is 0 Å². The van der Waals surface area contributed by atoms with Crippen molar-refractivity contribution in [1.29, 1.82) is 0 Å². The van der Waals surface area contributed by atoms with Crippen LogP contribution in [0.2, 0.25) is 0 Å². The molecule has 1 aliphatic rings. The molecule has 0 aromatic heterocycles. The van der Waals surface area contributed by atoms with Crippen molar-refractivity contribution in [3.8, 4) is 0 Å². The van der Waals surface area contributed by atoms with Gasteiger partial charge in [0.25, 0.3) is 0 Å². The molecule has 0 heterocycles. The second kappa shape index (κ2) is 3.02. The molecule has 0 aromatic carbocycles. The average molecular weight is 170 g/mol. The zero-order valence-electron chi connectivity index (χ0n) is 8.96. The quantitative estimate of drug-likeness (QED) is 0.675. The van der Waals surface area contributed by atoms with Crippen LogP contribution in [0.3, 0.4) is 0 Å². The topological polar surface area (TPSA) is 20.2 Å². The zero-order chi connectivity index (χ0) is 9.52. The van der Waals surface area contributed by atoms with Crippen molar-refractivity contribution in [3.63, 3.8) is 0 Å². The van der Waals surface area contributed by atoms with Gasteiger partial charge in [-0.05, 0) is 29.6 Å². The first-order valence-electron chi connectivity index (χ1n) is 5.02. The normalized spacial score (nSPS) is 32.2. The summed E-state index contributed by atoms with van der Waals surface area (Å²) in [5.74, 6) is 1.74. The Balaban J connectivity index is 2.42. The lowest BCUT2D eigenvalue weighted by molar-refractivity contribution is 0.0883. The fraction of sp³-hybridized carbons (Fsp3) is 1.00. The molecule has 1 saturated carbocycles. The van der Waals surface area contributed by atoms with E-state index in [1.165, 1.54) is 6.42 Å². The smallest absolute Gasteiger partial charge is 0.0594 e. The predicted octanol–water partition coefficient (Wildman–Crippen LogP) is 2.69. The van der Waals surface area contributed by atoms with E-state index >= 15 is 0 Å². The van der Waals surface area contributed by atoms with Crippen LogP contribution < -0.4 is 0 Å². The van der Waals surface area contributed by atoms with Crippen LogP contribution >= 0.6 is 0 Å². The summed E-state index contributed by atoms with van der Waals surface area (Å²) < 4.78 is 0. The average Bonchev–Trinajstić information content (AvgIpc) is 2.61. The summed E-state index contributed by atoms with van der Waals surface area (Å²) in [5, 5.41) is 9.80. The van der Waals surface area contributed by atoms with Crippen LogP contribution in [0.15, 0.2) is 0 Å². The van der Waals surface area contributed by atoms with E-state index in [1.807, 2.05) is 0 Å². The maximum Gasteiger partial charge on any atom is 0.0594 e. The minimum atomic E-state index is -0.0748. The summed E-state index contributed by atoms with van der Waals surface area (Å²) >= 11 is 0. The number of hydrogen-bond donors (Lipinski definition) is 1. The molecule has 1 N–H and O–H groups in total. The Kier molecular flexibility index (Phi) is 2.53. The maximum absolute atomic E-state index is 9.80. The van der Waals surface area contributed by atoms with Gasteiger partial charge in [0.05, 0.1) is 6.10 Å². The van der Waals surface area contributed by atoms with Crippen LogP contribution in [-0.2, 0) is 0 Å². The van der Waals surface area contributed by atoms with E-state index in [-0.39, 0.29) is 6.10 Å². The van der Waals surface area contributed by atoms with E-state index in [0.717, 1.165) is 5.92 Å². The molecule has 1 nitrogen and oxygen atoms in total. The summed E-state index contributed by atoms with van der Waals surface area (Å²) in [5.41, 5.74) is 0.389. The Morgan fingerprint density at radius 1 is 1.25 bits per heavy atom. The molecule has 3 atom stereocenters. The monoisotopic (exact) mass is 170 g/mol. The molecular formula is C11H22O. The molecule has 0 bridgehead atoms. The van der Waals surface area contributed by atoms with Crippen molar-refractivity contribution in [1.82, 2.24) is 0 Å². The molecule has 12 heavy (non-hydrogen) atoms. The summed E-state index contributed by atoms with van der Waals surface area (Å²) in [4.78, 5) is 0. The van der Waals surface area contributed by atoms with Crippen LogP contribution in [0.1, 0.15) is 41.0 Å². The Labute approximate surface area is 76.2 Å². The summed E-state index contributed by atoms with van der Waals surface area (Å²) in [6.45, 7) is 11.0. The van der Waals surface area contributed by atoms with Gasteiger partial charge in [-0.3, -0.25) is 0 Å². The van der Waals surface area contributed by atoms with E-state index in [2.05, 4.69) is 34.6 Å². The van der Waals surface area contributed by atoms with Gasteiger partial charge in [0.1, 0.15) is 0 Å². The Morgan fingerprint density at radius 3 is 2.00 bits per heavy atom. The molecule has 0 amide bonds. The highest BCUT2D eigenvalue weighted by molar-refractivity contribution is 4.98. The molecule has 0 aromatic rings. The van der Waals surface area contributed by atoms with Crippen LogP contribution in [0, 0.1) is 23.2 Å². The van der Waals surface area contributed by atoms with Crippen molar-refractivity contribution in [2.45, 2.75) is 47.1 Å². The molecule has 1 aliphatic carbocycles. The van der Waals surface area contributed by atoms with Gasteiger partial charge in [0.15, 0.2) is 0 Å². The highest BCUT2D eigenvalue weighted by atomic mass is 16.3. The molecular weight excluding hydrogens is 148 g/mol. The first-order chi connectivity index (χ1) is 5.34. The van der Waals surface area contributed by atoms with Crippen LogP contribution in [0.5, 0.6) is 0 Å². The summed E-state index contributed by atoms with van der Waals surface area (Å²) in [6, 6.07) is 0. The van der Waals surface area contributed by atoms with E-state index in [0.29, 0.717) is 17.3 Å². The third kappa shape index (κ3) is 2.01. The van der Waals surface area contributed by atoms with Gasteiger partial charge in [-0.1, -0.05) is 34.6 Å². The van der Waals surface area contributed by atoms with Gasteiger partial charge >= 0.3 is 0 Å². The standard InChI is InChI=1S/C11H22O/c1-7(2)10(12)8-6-9(8)11(3,4)5/h7-10,12H,6H2,1-5H3/t8-,9-,10-/m1/s1. The number of aliphatic hydroxyl groups excluding tert-OH is 1. The Hall–Kier alpha value is -0.0400. The molecule has 0 radical (unpaired) electrons. The van der Waals surface area contributed by atoms with E-state index < -0.39 is 0 Å². The molecule has 72 valence electrons. The molecule has 1 fully saturated rings. The van der Waals surface area contributed by atoms with Crippen molar-refractivity contribution in [2.24, 2.45) is 23.2 Å². The van der Waals surface area contributed by atoms with Crippen molar-refractivity contribution >= 4 is 0 Å². The number of hydrogen-bond acceptors (Lipinski definition) is 1. The first-order valence-corrected chi connectivity index (χ1v) is 5.02. The summed E-state index contributed by atoms with van der Waals surface area (Å²) in [7, 11) is 0. The van der Waals surface area contributed by atoms with Gasteiger partial charge < -0.3 is 5.11 Å². The fourth-order valence-electron chi connectivity index (χ4n) is 2.08. The maximum atomic E-state index is 9.80. The highest BCUT2D eigenvalue weighted by Crippen LogP contribution is 2.53. The van der Waals surface area contributed by atoms with Crippen molar-refractivity contribution in [3.05, 3.63) is 0 Å². The van der Waals surface area contributed by atoms with Crippen molar-refractivity contribution < 1.29 is 5.11 Å². The molecule has 0 unspecified atom stereocenters. The third-order valence-electron chi connectivity index (χ3n) is 3.07. The number of aliphatic hydroxyl groups is 1. The predicted molar refractivity (Wildman–Crippen MR) is 51.9 cm³/mol. The SMILES string of the molecule is CC(C)[C@@H](O)[C@@H]1C[C@H]1C(C)(C)C. The zero-order valence-corrected chi connectivity index (χ0v) is 8.96. The minimum Gasteiger partial charge on any atom is -0.393 e. The first kappa shape index (κ1) is 10.0. The molecule has 1 rings (SSSR count). The largest absolute Gasteiger partial charge is 0.393 e. The van der Waals surface area contributed by atoms with Gasteiger partial charge in [-0.2, -0.15) is 0 Å². The number of rotatable bonds is 2. The fourth-order valence-corrected chi connectivity index (χ4v) is 2.08. The van der Waals surface area contributed by atoms with Crippen molar-refractivity contribution in [2.75, 3.05) is 0 Å². The second-order valence-corrected chi connectivity index (χ2v) is 5.61. The molecule has 1 heteroatoms. The second-order valence-electron chi connectivity index (χ2n) is 5.61. The highest BCUT2D eigenvalue weighted by Gasteiger charge is 2.49. The third-order valence-corrected chi connectivity index (χ3v) is 3.07. The van der Waals surface area contributed by atoms with E-state index in [4.69, 9.17) is 0 Å². The van der Waals surface area contributed by atoms with Gasteiger partial charge in [-0.25, -0.2) is 0 Å². The molecule has 0 aliphatic heterocycles. The lowest BCUT2D eigenvalue weighted by atomic mass is 9.87. The Bertz CT molecular complexity index is 155. The summed E-state index contributed by atoms with van der Waals surface area (Å²) in [6.07, 6.45) is 1.15. The van der Waals surface area contributed by atoms with E-state index in [1.54, 1.807) is 0 Å².